The Labute approximate surface area is 151 Å². The van der Waals surface area contributed by atoms with Crippen LogP contribution in [0.15, 0.2) is 18.2 Å². The number of benzene rings is 1. The van der Waals surface area contributed by atoms with Crippen LogP contribution in [0.2, 0.25) is 0 Å². The van der Waals surface area contributed by atoms with Gasteiger partial charge < -0.3 is 4.74 Å². The third-order valence-electron chi connectivity index (χ3n) is 6.10. The first-order valence-corrected chi connectivity index (χ1v) is 11.3. The summed E-state index contributed by atoms with van der Waals surface area (Å²) in [5.41, 5.74) is 2.73. The van der Waals surface area contributed by atoms with Crippen LogP contribution in [0.4, 0.5) is 0 Å². The number of rotatable bonds is 4. The van der Waals surface area contributed by atoms with E-state index in [2.05, 4.69) is 23.1 Å². The van der Waals surface area contributed by atoms with Crippen LogP contribution in [0, 0.1) is 11.8 Å². The molecule has 5 nitrogen and oxygen atoms in total. The molecule has 1 atom stereocenters. The molecule has 6 heteroatoms. The van der Waals surface area contributed by atoms with Gasteiger partial charge in [0.1, 0.15) is 5.75 Å². The van der Waals surface area contributed by atoms with Crippen LogP contribution < -0.4 is 4.74 Å². The molecule has 0 N–H and O–H groups in total. The zero-order chi connectivity index (χ0) is 17.4. The normalized spacial score (nSPS) is 25.9. The summed E-state index contributed by atoms with van der Waals surface area (Å²) in [7, 11) is -3.02. The Bertz CT molecular complexity index is 726. The molecule has 0 bridgehead atoms. The predicted octanol–water partition coefficient (Wildman–Crippen LogP) is 2.11. The molecule has 0 aliphatic carbocycles. The van der Waals surface area contributed by atoms with Gasteiger partial charge in [-0.3, -0.25) is 4.90 Å². The van der Waals surface area contributed by atoms with Crippen molar-refractivity contribution >= 4 is 10.0 Å². The highest BCUT2D eigenvalue weighted by Gasteiger charge is 2.33. The Morgan fingerprint density at radius 2 is 1.88 bits per heavy atom. The van der Waals surface area contributed by atoms with E-state index in [1.165, 1.54) is 23.8 Å². The summed E-state index contributed by atoms with van der Waals surface area (Å²) < 4.78 is 30.6. The summed E-state index contributed by atoms with van der Waals surface area (Å²) in [6.45, 7) is 5.54. The molecule has 25 heavy (non-hydrogen) atoms. The fourth-order valence-corrected chi connectivity index (χ4v) is 5.54. The molecule has 0 spiro atoms. The number of likely N-dealkylation sites (tertiary alicyclic amines) is 1. The van der Waals surface area contributed by atoms with Crippen LogP contribution in [-0.2, 0) is 23.0 Å². The lowest BCUT2D eigenvalue weighted by Gasteiger charge is -2.33. The van der Waals surface area contributed by atoms with Crippen molar-refractivity contribution in [2.75, 3.05) is 39.0 Å². The molecule has 3 aliphatic rings. The van der Waals surface area contributed by atoms with E-state index in [1.807, 2.05) is 0 Å². The van der Waals surface area contributed by atoms with Gasteiger partial charge >= 0.3 is 0 Å². The van der Waals surface area contributed by atoms with Gasteiger partial charge in [-0.2, -0.15) is 0 Å². The minimum absolute atomic E-state index is 0.677. The lowest BCUT2D eigenvalue weighted by Crippen LogP contribution is -2.39. The van der Waals surface area contributed by atoms with E-state index < -0.39 is 10.0 Å². The summed E-state index contributed by atoms with van der Waals surface area (Å²) in [6, 6.07) is 6.62. The SMILES string of the molecule is CS(=O)(=O)N1CCC(C2CCN(Cc3ccc4c(c3)CCO4)C2)CC1. The molecule has 0 saturated carbocycles. The van der Waals surface area contributed by atoms with Crippen LogP contribution in [0.25, 0.3) is 0 Å². The van der Waals surface area contributed by atoms with Crippen molar-refractivity contribution in [1.29, 1.82) is 0 Å². The van der Waals surface area contributed by atoms with Gasteiger partial charge in [0.15, 0.2) is 0 Å². The minimum Gasteiger partial charge on any atom is -0.493 e. The van der Waals surface area contributed by atoms with Crippen molar-refractivity contribution in [1.82, 2.24) is 9.21 Å². The Hall–Kier alpha value is -1.11. The van der Waals surface area contributed by atoms with Crippen molar-refractivity contribution in [3.8, 4) is 5.75 Å². The molecule has 4 rings (SSSR count). The quantitative estimate of drug-likeness (QED) is 0.821. The molecule has 0 amide bonds. The molecule has 0 radical (unpaired) electrons. The average Bonchev–Trinajstić information content (AvgIpc) is 3.23. The number of hydrogen-bond donors (Lipinski definition) is 0. The zero-order valence-corrected chi connectivity index (χ0v) is 15.8. The first kappa shape index (κ1) is 17.3. The zero-order valence-electron chi connectivity index (χ0n) is 15.0. The number of hydrogen-bond acceptors (Lipinski definition) is 4. The average molecular weight is 365 g/mol. The van der Waals surface area contributed by atoms with E-state index in [0.29, 0.717) is 19.0 Å². The van der Waals surface area contributed by atoms with E-state index >= 15 is 0 Å². The summed E-state index contributed by atoms with van der Waals surface area (Å²) in [5.74, 6) is 2.46. The summed E-state index contributed by atoms with van der Waals surface area (Å²) >= 11 is 0. The molecule has 1 aromatic carbocycles. The second-order valence-corrected chi connectivity index (χ2v) is 9.81. The Balaban J connectivity index is 1.30. The molecular formula is C19H28N2O3S. The minimum atomic E-state index is -3.02. The van der Waals surface area contributed by atoms with E-state index in [4.69, 9.17) is 4.74 Å². The number of piperidine rings is 1. The molecule has 3 heterocycles. The highest BCUT2D eigenvalue weighted by molar-refractivity contribution is 7.88. The van der Waals surface area contributed by atoms with Crippen molar-refractivity contribution < 1.29 is 13.2 Å². The van der Waals surface area contributed by atoms with Gasteiger partial charge in [-0.25, -0.2) is 12.7 Å². The van der Waals surface area contributed by atoms with Gasteiger partial charge in [0.2, 0.25) is 10.0 Å². The first-order chi connectivity index (χ1) is 12.0. The first-order valence-electron chi connectivity index (χ1n) is 9.41. The van der Waals surface area contributed by atoms with Gasteiger partial charge in [-0.05, 0) is 54.8 Å². The Morgan fingerprint density at radius 3 is 2.64 bits per heavy atom. The second-order valence-electron chi connectivity index (χ2n) is 7.82. The second kappa shape index (κ2) is 6.89. The van der Waals surface area contributed by atoms with Crippen LogP contribution in [0.1, 0.15) is 30.4 Å². The summed E-state index contributed by atoms with van der Waals surface area (Å²) in [5, 5.41) is 0. The topological polar surface area (TPSA) is 49.9 Å². The maximum absolute atomic E-state index is 11.7. The molecule has 2 fully saturated rings. The predicted molar refractivity (Wildman–Crippen MR) is 98.2 cm³/mol. The van der Waals surface area contributed by atoms with Gasteiger partial charge in [0.25, 0.3) is 0 Å². The molecule has 0 aromatic heterocycles. The molecule has 3 aliphatic heterocycles. The molecule has 1 aromatic rings. The van der Waals surface area contributed by atoms with Gasteiger partial charge in [-0.15, -0.1) is 0 Å². The van der Waals surface area contributed by atoms with Crippen LogP contribution in [0.5, 0.6) is 5.75 Å². The van der Waals surface area contributed by atoms with Crippen molar-refractivity contribution in [2.24, 2.45) is 11.8 Å². The van der Waals surface area contributed by atoms with Crippen molar-refractivity contribution in [2.45, 2.75) is 32.2 Å². The maximum atomic E-state index is 11.7. The maximum Gasteiger partial charge on any atom is 0.211 e. The fourth-order valence-electron chi connectivity index (χ4n) is 4.67. The summed E-state index contributed by atoms with van der Waals surface area (Å²) in [6.07, 6.45) is 5.64. The third kappa shape index (κ3) is 3.86. The Kier molecular flexibility index (Phi) is 4.77. The Morgan fingerprint density at radius 1 is 1.12 bits per heavy atom. The van der Waals surface area contributed by atoms with Gasteiger partial charge in [-0.1, -0.05) is 12.1 Å². The van der Waals surface area contributed by atoms with Crippen molar-refractivity contribution in [3.05, 3.63) is 29.3 Å². The molecular weight excluding hydrogens is 336 g/mol. The van der Waals surface area contributed by atoms with E-state index in [9.17, 15) is 8.42 Å². The fraction of sp³-hybridized carbons (Fsp3) is 0.684. The largest absolute Gasteiger partial charge is 0.493 e. The molecule has 1 unspecified atom stereocenters. The van der Waals surface area contributed by atoms with Crippen LogP contribution in [0.3, 0.4) is 0 Å². The lowest BCUT2D eigenvalue weighted by molar-refractivity contribution is 0.202. The van der Waals surface area contributed by atoms with E-state index in [0.717, 1.165) is 57.2 Å². The highest BCUT2D eigenvalue weighted by Crippen LogP contribution is 2.33. The van der Waals surface area contributed by atoms with Gasteiger partial charge in [0, 0.05) is 32.6 Å². The van der Waals surface area contributed by atoms with Crippen LogP contribution in [-0.4, -0.2) is 56.7 Å². The number of sulfonamides is 1. The van der Waals surface area contributed by atoms with E-state index in [1.54, 1.807) is 4.31 Å². The molecule has 2 saturated heterocycles. The summed E-state index contributed by atoms with van der Waals surface area (Å²) in [4.78, 5) is 2.56. The van der Waals surface area contributed by atoms with Crippen molar-refractivity contribution in [3.63, 3.8) is 0 Å². The molecule has 138 valence electrons. The smallest absolute Gasteiger partial charge is 0.211 e. The monoisotopic (exact) mass is 364 g/mol. The number of fused-ring (bicyclic) bond motifs is 1. The van der Waals surface area contributed by atoms with Crippen LogP contribution >= 0.6 is 0 Å². The lowest BCUT2D eigenvalue weighted by atomic mass is 9.84. The van der Waals surface area contributed by atoms with E-state index in [-0.39, 0.29) is 0 Å². The van der Waals surface area contributed by atoms with Gasteiger partial charge in [0.05, 0.1) is 12.9 Å². The standard InChI is InChI=1S/C19H28N2O3S/c1-25(22,23)21-9-5-16(6-10-21)18-4-8-20(14-18)13-15-2-3-19-17(12-15)7-11-24-19/h2-3,12,16,18H,4-11,13-14H2,1H3. The number of ether oxygens (including phenoxy) is 1. The highest BCUT2D eigenvalue weighted by atomic mass is 32.2. The third-order valence-corrected chi connectivity index (χ3v) is 7.41. The number of nitrogens with zero attached hydrogens (tertiary/aromatic N) is 2.